The quantitative estimate of drug-likeness (QED) is 0.605. The maximum Gasteiger partial charge on any atom is 0.222 e. The third kappa shape index (κ3) is 12.6. The fourth-order valence-corrected chi connectivity index (χ4v) is 0.437. The van der Waals surface area contributed by atoms with Crippen LogP contribution in [0.2, 0.25) is 0 Å². The van der Waals surface area contributed by atoms with Gasteiger partial charge in [0.25, 0.3) is 0 Å². The van der Waals surface area contributed by atoms with Gasteiger partial charge in [-0.15, -0.1) is 0 Å². The Bertz CT molecular complexity index is 89.6. The van der Waals surface area contributed by atoms with Gasteiger partial charge in [0.2, 0.25) is 5.91 Å². The SMILES string of the molecule is CCC.CCCC(=O)N(C)C. The summed E-state index contributed by atoms with van der Waals surface area (Å²) in [6.07, 6.45) is 2.87. The number of hydrogen-bond donors (Lipinski definition) is 0. The van der Waals surface area contributed by atoms with Crippen LogP contribution in [0.1, 0.15) is 40.0 Å². The third-order valence-electron chi connectivity index (χ3n) is 0.963. The van der Waals surface area contributed by atoms with Gasteiger partial charge in [-0.25, -0.2) is 0 Å². The molecule has 0 saturated carbocycles. The summed E-state index contributed by atoms with van der Waals surface area (Å²) < 4.78 is 0. The van der Waals surface area contributed by atoms with Crippen LogP contribution >= 0.6 is 0 Å². The van der Waals surface area contributed by atoms with E-state index in [1.165, 1.54) is 6.42 Å². The maximum atomic E-state index is 10.7. The summed E-state index contributed by atoms with van der Waals surface area (Å²) in [5.41, 5.74) is 0. The summed E-state index contributed by atoms with van der Waals surface area (Å²) in [6.45, 7) is 6.25. The van der Waals surface area contributed by atoms with E-state index >= 15 is 0 Å². The first-order valence-electron chi connectivity index (χ1n) is 4.30. The molecule has 0 unspecified atom stereocenters. The van der Waals surface area contributed by atoms with Gasteiger partial charge >= 0.3 is 0 Å². The second-order valence-corrected chi connectivity index (χ2v) is 2.75. The van der Waals surface area contributed by atoms with E-state index in [4.69, 9.17) is 0 Å². The molecule has 2 heteroatoms. The number of amides is 1. The average molecular weight is 159 g/mol. The average Bonchev–Trinajstić information content (AvgIpc) is 1.90. The highest BCUT2D eigenvalue weighted by Crippen LogP contribution is 1.89. The topological polar surface area (TPSA) is 20.3 Å². The van der Waals surface area contributed by atoms with Gasteiger partial charge in [0.1, 0.15) is 0 Å². The van der Waals surface area contributed by atoms with Crippen molar-refractivity contribution in [1.82, 2.24) is 4.90 Å². The Morgan fingerprint density at radius 2 is 1.55 bits per heavy atom. The molecule has 0 radical (unpaired) electrons. The van der Waals surface area contributed by atoms with Gasteiger partial charge in [-0.3, -0.25) is 4.79 Å². The standard InChI is InChI=1S/C6H13NO.C3H8/c1-4-5-6(8)7(2)3;1-3-2/h4-5H2,1-3H3;3H2,1-2H3. The van der Waals surface area contributed by atoms with E-state index < -0.39 is 0 Å². The minimum Gasteiger partial charge on any atom is -0.349 e. The second-order valence-electron chi connectivity index (χ2n) is 2.75. The maximum absolute atomic E-state index is 10.7. The van der Waals surface area contributed by atoms with Crippen molar-refractivity contribution >= 4 is 5.91 Å². The molecular weight excluding hydrogens is 138 g/mol. The van der Waals surface area contributed by atoms with Crippen molar-refractivity contribution in [2.45, 2.75) is 40.0 Å². The van der Waals surface area contributed by atoms with E-state index in [-0.39, 0.29) is 5.91 Å². The molecule has 11 heavy (non-hydrogen) atoms. The zero-order valence-electron chi connectivity index (χ0n) is 8.48. The van der Waals surface area contributed by atoms with Crippen LogP contribution in [-0.4, -0.2) is 24.9 Å². The van der Waals surface area contributed by atoms with Crippen LogP contribution in [0.5, 0.6) is 0 Å². The summed E-state index contributed by atoms with van der Waals surface area (Å²) >= 11 is 0. The first-order valence-corrected chi connectivity index (χ1v) is 4.30. The lowest BCUT2D eigenvalue weighted by Gasteiger charge is -2.07. The molecule has 0 bridgehead atoms. The number of nitrogens with zero attached hydrogens (tertiary/aromatic N) is 1. The van der Waals surface area contributed by atoms with Gasteiger partial charge in [0.15, 0.2) is 0 Å². The van der Waals surface area contributed by atoms with Crippen LogP contribution in [0.25, 0.3) is 0 Å². The highest BCUT2D eigenvalue weighted by Gasteiger charge is 1.98. The number of rotatable bonds is 2. The molecule has 0 N–H and O–H groups in total. The molecule has 2 nitrogen and oxygen atoms in total. The zero-order chi connectivity index (χ0) is 9.28. The van der Waals surface area contributed by atoms with Crippen LogP contribution in [0.3, 0.4) is 0 Å². The van der Waals surface area contributed by atoms with Gasteiger partial charge in [-0.1, -0.05) is 27.2 Å². The first-order chi connectivity index (χ1) is 5.09. The molecule has 0 rings (SSSR count). The number of hydrogen-bond acceptors (Lipinski definition) is 1. The highest BCUT2D eigenvalue weighted by atomic mass is 16.2. The summed E-state index contributed by atoms with van der Waals surface area (Å²) in [4.78, 5) is 12.3. The Labute approximate surface area is 70.6 Å². The molecular formula is C9H21NO. The van der Waals surface area contributed by atoms with Crippen molar-refractivity contribution in [3.05, 3.63) is 0 Å². The lowest BCUT2D eigenvalue weighted by Crippen LogP contribution is -2.20. The monoisotopic (exact) mass is 159 g/mol. The minimum absolute atomic E-state index is 0.215. The minimum atomic E-state index is 0.215. The Balaban J connectivity index is 0. The lowest BCUT2D eigenvalue weighted by molar-refractivity contribution is -0.128. The first kappa shape index (κ1) is 13.1. The second kappa shape index (κ2) is 9.47. The molecule has 0 aliphatic carbocycles. The Hall–Kier alpha value is -0.530. The molecule has 0 aliphatic heterocycles. The van der Waals surface area contributed by atoms with Crippen LogP contribution < -0.4 is 0 Å². The fraction of sp³-hybridized carbons (Fsp3) is 0.889. The summed E-state index contributed by atoms with van der Waals surface area (Å²) in [5, 5.41) is 0. The van der Waals surface area contributed by atoms with E-state index in [2.05, 4.69) is 13.8 Å². The molecule has 68 valence electrons. The molecule has 1 amide bonds. The van der Waals surface area contributed by atoms with Crippen molar-refractivity contribution < 1.29 is 4.79 Å². The zero-order valence-corrected chi connectivity index (χ0v) is 8.48. The molecule has 0 aliphatic rings. The number of carbonyl (C=O) groups is 1. The van der Waals surface area contributed by atoms with Crippen molar-refractivity contribution in [3.63, 3.8) is 0 Å². The lowest BCUT2D eigenvalue weighted by atomic mass is 10.3. The normalized spacial score (nSPS) is 8.09. The molecule has 0 aromatic rings. The van der Waals surface area contributed by atoms with Gasteiger partial charge < -0.3 is 4.90 Å². The highest BCUT2D eigenvalue weighted by molar-refractivity contribution is 5.75. The van der Waals surface area contributed by atoms with Crippen LogP contribution in [0, 0.1) is 0 Å². The van der Waals surface area contributed by atoms with E-state index in [1.54, 1.807) is 19.0 Å². The molecule has 0 aromatic heterocycles. The molecule has 0 atom stereocenters. The van der Waals surface area contributed by atoms with Crippen molar-refractivity contribution in [3.8, 4) is 0 Å². The third-order valence-corrected chi connectivity index (χ3v) is 0.963. The molecule has 0 saturated heterocycles. The predicted molar refractivity (Wildman–Crippen MR) is 49.6 cm³/mol. The van der Waals surface area contributed by atoms with Gasteiger partial charge in [-0.05, 0) is 6.42 Å². The summed E-state index contributed by atoms with van der Waals surface area (Å²) in [6, 6.07) is 0. The van der Waals surface area contributed by atoms with Gasteiger partial charge in [-0.2, -0.15) is 0 Å². The van der Waals surface area contributed by atoms with Crippen molar-refractivity contribution in [2.75, 3.05) is 14.1 Å². The van der Waals surface area contributed by atoms with Gasteiger partial charge in [0.05, 0.1) is 0 Å². The smallest absolute Gasteiger partial charge is 0.222 e. The Morgan fingerprint density at radius 3 is 1.64 bits per heavy atom. The Morgan fingerprint density at radius 1 is 1.18 bits per heavy atom. The summed E-state index contributed by atoms with van der Waals surface area (Å²) in [5.74, 6) is 0.215. The Kier molecular flexibility index (Phi) is 11.3. The van der Waals surface area contributed by atoms with Crippen molar-refractivity contribution in [2.24, 2.45) is 0 Å². The van der Waals surface area contributed by atoms with E-state index in [1.807, 2.05) is 6.92 Å². The predicted octanol–water partition coefficient (Wildman–Crippen LogP) is 2.29. The van der Waals surface area contributed by atoms with E-state index in [9.17, 15) is 4.79 Å². The van der Waals surface area contributed by atoms with Crippen LogP contribution in [-0.2, 0) is 4.79 Å². The van der Waals surface area contributed by atoms with Crippen molar-refractivity contribution in [1.29, 1.82) is 0 Å². The van der Waals surface area contributed by atoms with Crippen LogP contribution in [0.15, 0.2) is 0 Å². The largest absolute Gasteiger partial charge is 0.349 e. The van der Waals surface area contributed by atoms with Gasteiger partial charge in [0, 0.05) is 20.5 Å². The van der Waals surface area contributed by atoms with Crippen LogP contribution in [0.4, 0.5) is 0 Å². The molecule has 0 spiro atoms. The summed E-state index contributed by atoms with van der Waals surface area (Å²) in [7, 11) is 3.55. The molecule has 0 heterocycles. The fourth-order valence-electron chi connectivity index (χ4n) is 0.437. The number of carbonyl (C=O) groups excluding carboxylic acids is 1. The molecule has 0 aromatic carbocycles. The molecule has 0 fully saturated rings. The van der Waals surface area contributed by atoms with E-state index in [0.717, 1.165) is 6.42 Å². The van der Waals surface area contributed by atoms with E-state index in [0.29, 0.717) is 6.42 Å².